The lowest BCUT2D eigenvalue weighted by Crippen LogP contribution is -2.36. The molecule has 0 spiro atoms. The van der Waals surface area contributed by atoms with Gasteiger partial charge in [0.15, 0.2) is 0 Å². The summed E-state index contributed by atoms with van der Waals surface area (Å²) in [7, 11) is 0. The van der Waals surface area contributed by atoms with Crippen LogP contribution >= 0.6 is 0 Å². The van der Waals surface area contributed by atoms with E-state index in [0.717, 1.165) is 6.54 Å². The van der Waals surface area contributed by atoms with Gasteiger partial charge in [0.1, 0.15) is 5.60 Å². The van der Waals surface area contributed by atoms with Crippen LogP contribution in [0.2, 0.25) is 0 Å². The molecular weight excluding hydrogens is 228 g/mol. The Hall–Kier alpha value is -0.770. The Morgan fingerprint density at radius 1 is 1.22 bits per heavy atom. The fraction of sp³-hybridized carbons (Fsp3) is 0.929. The number of carbonyl (C=O) groups excluding carboxylic acids is 1. The van der Waals surface area contributed by atoms with Crippen LogP contribution in [0.25, 0.3) is 0 Å². The summed E-state index contributed by atoms with van der Waals surface area (Å²) in [6.07, 6.45) is -0.215. The molecule has 1 aliphatic rings. The van der Waals surface area contributed by atoms with Crippen LogP contribution in [0.3, 0.4) is 0 Å². The molecule has 0 bridgehead atoms. The van der Waals surface area contributed by atoms with E-state index in [4.69, 9.17) is 10.5 Å². The molecule has 4 heteroatoms. The first-order valence-corrected chi connectivity index (χ1v) is 6.72. The van der Waals surface area contributed by atoms with Gasteiger partial charge in [0.25, 0.3) is 0 Å². The standard InChI is InChI=1S/C14H28N2O2/c1-13(2,3)11-9-16(8-10(11)7-15)12(17)18-14(4,5)6/h10-11H,7-9,15H2,1-6H3. The molecule has 18 heavy (non-hydrogen) atoms. The van der Waals surface area contributed by atoms with Gasteiger partial charge in [-0.25, -0.2) is 4.79 Å². The van der Waals surface area contributed by atoms with Crippen LogP contribution in [0.4, 0.5) is 4.79 Å². The van der Waals surface area contributed by atoms with Crippen molar-refractivity contribution in [2.45, 2.75) is 47.1 Å². The van der Waals surface area contributed by atoms with Crippen molar-refractivity contribution < 1.29 is 9.53 Å². The van der Waals surface area contributed by atoms with Crippen molar-refractivity contribution in [2.75, 3.05) is 19.6 Å². The topological polar surface area (TPSA) is 55.6 Å². The van der Waals surface area contributed by atoms with Gasteiger partial charge >= 0.3 is 6.09 Å². The first-order valence-electron chi connectivity index (χ1n) is 6.72. The van der Waals surface area contributed by atoms with E-state index in [-0.39, 0.29) is 11.5 Å². The van der Waals surface area contributed by atoms with Crippen LogP contribution in [0.15, 0.2) is 0 Å². The van der Waals surface area contributed by atoms with Gasteiger partial charge in [-0.05, 0) is 44.6 Å². The second kappa shape index (κ2) is 5.08. The molecule has 4 nitrogen and oxygen atoms in total. The number of amides is 1. The van der Waals surface area contributed by atoms with Gasteiger partial charge in [-0.15, -0.1) is 0 Å². The Morgan fingerprint density at radius 3 is 2.11 bits per heavy atom. The summed E-state index contributed by atoms with van der Waals surface area (Å²) < 4.78 is 5.42. The van der Waals surface area contributed by atoms with Crippen LogP contribution in [0.5, 0.6) is 0 Å². The maximum Gasteiger partial charge on any atom is 0.410 e. The average molecular weight is 256 g/mol. The summed E-state index contributed by atoms with van der Waals surface area (Å²) in [6, 6.07) is 0. The number of hydrogen-bond acceptors (Lipinski definition) is 3. The van der Waals surface area contributed by atoms with E-state index >= 15 is 0 Å². The first-order chi connectivity index (χ1) is 8.04. The Balaban J connectivity index is 2.70. The number of carbonyl (C=O) groups is 1. The summed E-state index contributed by atoms with van der Waals surface area (Å²) in [5.74, 6) is 0.813. The van der Waals surface area contributed by atoms with Crippen LogP contribution < -0.4 is 5.73 Å². The third-order valence-electron chi connectivity index (χ3n) is 3.51. The second-order valence-corrected chi connectivity index (χ2v) is 7.35. The van der Waals surface area contributed by atoms with Crippen molar-refractivity contribution in [3.8, 4) is 0 Å². The largest absolute Gasteiger partial charge is 0.444 e. The number of hydrogen-bond donors (Lipinski definition) is 1. The number of nitrogens with zero attached hydrogens (tertiary/aromatic N) is 1. The van der Waals surface area contributed by atoms with Crippen LogP contribution in [-0.2, 0) is 4.74 Å². The van der Waals surface area contributed by atoms with Gasteiger partial charge in [-0.1, -0.05) is 20.8 Å². The van der Waals surface area contributed by atoms with Gasteiger partial charge in [0.2, 0.25) is 0 Å². The molecule has 1 rings (SSSR count). The van der Waals surface area contributed by atoms with Crippen molar-refractivity contribution in [2.24, 2.45) is 23.0 Å². The molecule has 1 fully saturated rings. The maximum atomic E-state index is 12.1. The van der Waals surface area contributed by atoms with Crippen molar-refractivity contribution in [3.05, 3.63) is 0 Å². The molecule has 1 saturated heterocycles. The molecular formula is C14H28N2O2. The average Bonchev–Trinajstić information content (AvgIpc) is 2.57. The molecule has 2 atom stereocenters. The van der Waals surface area contributed by atoms with Crippen LogP contribution in [0.1, 0.15) is 41.5 Å². The molecule has 106 valence electrons. The molecule has 0 aromatic rings. The number of nitrogens with two attached hydrogens (primary N) is 1. The predicted molar refractivity (Wildman–Crippen MR) is 73.3 cm³/mol. The van der Waals surface area contributed by atoms with E-state index in [1.165, 1.54) is 0 Å². The van der Waals surface area contributed by atoms with Crippen molar-refractivity contribution in [3.63, 3.8) is 0 Å². The fourth-order valence-electron chi connectivity index (χ4n) is 2.57. The molecule has 1 heterocycles. The number of rotatable bonds is 1. The molecule has 1 amide bonds. The second-order valence-electron chi connectivity index (χ2n) is 7.35. The summed E-state index contributed by atoms with van der Waals surface area (Å²) in [6.45, 7) is 14.4. The molecule has 0 saturated carbocycles. The third kappa shape index (κ3) is 3.87. The SMILES string of the molecule is CC(C)(C)OC(=O)N1CC(CN)C(C(C)(C)C)C1. The molecule has 1 aliphatic heterocycles. The lowest BCUT2D eigenvalue weighted by molar-refractivity contribution is 0.0277. The zero-order chi connectivity index (χ0) is 14.1. The Kier molecular flexibility index (Phi) is 4.31. The van der Waals surface area contributed by atoms with Crippen LogP contribution in [0, 0.1) is 17.3 Å². The summed E-state index contributed by atoms with van der Waals surface area (Å²) in [4.78, 5) is 13.9. The Morgan fingerprint density at radius 2 is 1.78 bits per heavy atom. The lowest BCUT2D eigenvalue weighted by Gasteiger charge is -2.30. The van der Waals surface area contributed by atoms with Crippen molar-refractivity contribution in [1.29, 1.82) is 0 Å². The summed E-state index contributed by atoms with van der Waals surface area (Å²) in [5, 5.41) is 0. The highest BCUT2D eigenvalue weighted by molar-refractivity contribution is 5.68. The van der Waals surface area contributed by atoms with E-state index in [9.17, 15) is 4.79 Å². The van der Waals surface area contributed by atoms with Gasteiger partial charge in [0, 0.05) is 13.1 Å². The smallest absolute Gasteiger partial charge is 0.410 e. The monoisotopic (exact) mass is 256 g/mol. The van der Waals surface area contributed by atoms with Gasteiger partial charge in [-0.2, -0.15) is 0 Å². The van der Waals surface area contributed by atoms with E-state index in [1.54, 1.807) is 4.90 Å². The third-order valence-corrected chi connectivity index (χ3v) is 3.51. The number of ether oxygens (including phenoxy) is 1. The first kappa shape index (κ1) is 15.3. The maximum absolute atomic E-state index is 12.1. The highest BCUT2D eigenvalue weighted by Gasteiger charge is 2.41. The molecule has 2 N–H and O–H groups in total. The van der Waals surface area contributed by atoms with Crippen molar-refractivity contribution >= 4 is 6.09 Å². The minimum Gasteiger partial charge on any atom is -0.444 e. The molecule has 2 unspecified atom stereocenters. The van der Waals surface area contributed by atoms with E-state index in [1.807, 2.05) is 20.8 Å². The Bertz CT molecular complexity index is 302. The van der Waals surface area contributed by atoms with Gasteiger partial charge in [0.05, 0.1) is 0 Å². The van der Waals surface area contributed by atoms with E-state index in [2.05, 4.69) is 20.8 Å². The van der Waals surface area contributed by atoms with Crippen molar-refractivity contribution in [1.82, 2.24) is 4.90 Å². The predicted octanol–water partition coefficient (Wildman–Crippen LogP) is 2.47. The minimum atomic E-state index is -0.435. The highest BCUT2D eigenvalue weighted by atomic mass is 16.6. The highest BCUT2D eigenvalue weighted by Crippen LogP contribution is 2.37. The summed E-state index contributed by atoms with van der Waals surface area (Å²) >= 11 is 0. The molecule has 0 aliphatic carbocycles. The van der Waals surface area contributed by atoms with E-state index < -0.39 is 5.60 Å². The zero-order valence-electron chi connectivity index (χ0n) is 12.6. The fourth-order valence-corrected chi connectivity index (χ4v) is 2.57. The zero-order valence-corrected chi connectivity index (χ0v) is 12.6. The molecule has 0 radical (unpaired) electrons. The summed E-state index contributed by atoms with van der Waals surface area (Å²) in [5.41, 5.74) is 5.56. The van der Waals surface area contributed by atoms with Gasteiger partial charge < -0.3 is 15.4 Å². The molecule has 0 aromatic heterocycles. The quantitative estimate of drug-likeness (QED) is 0.784. The normalized spacial score (nSPS) is 25.4. The van der Waals surface area contributed by atoms with Crippen LogP contribution in [-0.4, -0.2) is 36.2 Å². The molecule has 0 aromatic carbocycles. The minimum absolute atomic E-state index is 0.167. The Labute approximate surface area is 111 Å². The lowest BCUT2D eigenvalue weighted by atomic mass is 9.75. The number of likely N-dealkylation sites (tertiary alicyclic amines) is 1. The van der Waals surface area contributed by atoms with E-state index in [0.29, 0.717) is 24.9 Å². The van der Waals surface area contributed by atoms with Gasteiger partial charge in [-0.3, -0.25) is 0 Å².